The number of aromatic nitrogens is 6. The molecule has 6 aromatic heterocycles. The molecule has 8 heterocycles. The van der Waals surface area contributed by atoms with Crippen molar-refractivity contribution in [3.63, 3.8) is 0 Å². The van der Waals surface area contributed by atoms with Crippen LogP contribution in [0.2, 0.25) is 0 Å². The summed E-state index contributed by atoms with van der Waals surface area (Å²) >= 11 is 5.86. The van der Waals surface area contributed by atoms with Crippen LogP contribution < -0.4 is 10.9 Å². The summed E-state index contributed by atoms with van der Waals surface area (Å²) in [5.41, 5.74) is 22.4. The first-order chi connectivity index (χ1) is 52.3. The van der Waals surface area contributed by atoms with Crippen molar-refractivity contribution in [3.05, 3.63) is 365 Å². The molecule has 2 radical (unpaired) electrons. The molecule has 0 N–H and O–H groups in total. The van der Waals surface area contributed by atoms with E-state index in [1.54, 1.807) is 37.2 Å². The predicted molar refractivity (Wildman–Crippen MR) is 481 cm³/mol. The summed E-state index contributed by atoms with van der Waals surface area (Å²) in [6.45, 7) is 16.5. The normalized spacial score (nSPS) is 13.4. The van der Waals surface area contributed by atoms with E-state index in [0.717, 1.165) is 78.5 Å². The molecule has 2 aliphatic rings. The fraction of sp³-hybridized carbons (Fsp3) is 0.143. The summed E-state index contributed by atoms with van der Waals surface area (Å²) in [6, 6.07) is 115. The Kier molecular flexibility index (Phi) is 37.8. The molecule has 16 rings (SSSR count). The van der Waals surface area contributed by atoms with Crippen molar-refractivity contribution in [2.45, 2.75) is 77.8 Å². The van der Waals surface area contributed by atoms with Crippen LogP contribution in [0.3, 0.4) is 0 Å². The van der Waals surface area contributed by atoms with Crippen molar-refractivity contribution >= 4 is 102 Å². The van der Waals surface area contributed by atoms with Gasteiger partial charge in [0.15, 0.2) is 0 Å². The monoisotopic (exact) mass is 2250 g/mol. The summed E-state index contributed by atoms with van der Waals surface area (Å²) in [5, 5.41) is 0. The minimum absolute atomic E-state index is 0. The number of benzene rings is 8. The van der Waals surface area contributed by atoms with Crippen molar-refractivity contribution in [1.82, 2.24) is 29.9 Å². The minimum Gasteiger partial charge on any atom is -0.305 e. The van der Waals surface area contributed by atoms with Gasteiger partial charge in [0.05, 0.1) is 22.4 Å². The first-order valence-corrected chi connectivity index (χ1v) is 50.7. The third-order valence-corrected chi connectivity index (χ3v) is 17.6. The van der Waals surface area contributed by atoms with Gasteiger partial charge in [-0.05, 0) is 142 Å². The number of alkyl halides is 1. The molecule has 0 atom stereocenters. The third kappa shape index (κ3) is 27.6. The van der Waals surface area contributed by atoms with Crippen LogP contribution in [0.4, 0.5) is 0 Å². The summed E-state index contributed by atoms with van der Waals surface area (Å²) in [4.78, 5) is 27.8. The number of pyridine rings is 6. The van der Waals surface area contributed by atoms with Gasteiger partial charge in [-0.25, -0.2) is 0 Å². The van der Waals surface area contributed by atoms with Gasteiger partial charge in [-0.3, -0.25) is 0 Å². The van der Waals surface area contributed by atoms with Gasteiger partial charge < -0.3 is 48.5 Å². The smallest absolute Gasteiger partial charge is 0.305 e. The van der Waals surface area contributed by atoms with Gasteiger partial charge in [0, 0.05) is 37.2 Å². The van der Waals surface area contributed by atoms with E-state index in [1.165, 1.54) is 22.3 Å². The van der Waals surface area contributed by atoms with E-state index in [0.29, 0.717) is 0 Å². The van der Waals surface area contributed by atoms with Crippen LogP contribution in [-0.4, -0.2) is 77.2 Å². The predicted octanol–water partition coefficient (Wildman–Crippen LogP) is 22.5. The molecule has 0 unspecified atom stereocenters. The SMILES string of the molecule is CC1(C)OB(c2cc[c-]c(-c3ccccn3)c2)OC1(C)C.CC1(C)OB(c2cc[c-]c(-c3ccccn3)c2)OC1(C)C.CI.[B]I(I)I.[Ir+3].[Ir+3].[c-]1ccc(-c2ccccc2)cc1-c1ccccn1.[c-]1ccc(-c2ccccc2)cc1-c1ccccn1.[c-]1ccccc1-c1ccccn1.[c-]1ccccc1-c1ccccn1. The molecule has 554 valence electrons. The van der Waals surface area contributed by atoms with Crippen LogP contribution in [0.1, 0.15) is 55.4 Å². The molecule has 0 spiro atoms. The molecule has 0 saturated carbocycles. The number of rotatable bonds is 10. The third-order valence-electron chi connectivity index (χ3n) is 17.6. The Balaban J connectivity index is 0.000000182. The van der Waals surface area contributed by atoms with Crippen LogP contribution in [0.15, 0.2) is 328 Å². The van der Waals surface area contributed by atoms with Gasteiger partial charge in [-0.1, -0.05) is 156 Å². The van der Waals surface area contributed by atoms with Crippen LogP contribution >= 0.6 is 71.5 Å². The zero-order valence-electron chi connectivity index (χ0n) is 62.4. The molecule has 0 bridgehead atoms. The minimum atomic E-state index is -0.823. The van der Waals surface area contributed by atoms with E-state index >= 15 is 0 Å². The summed E-state index contributed by atoms with van der Waals surface area (Å²) in [6.07, 6.45) is 10.7. The molecular weight excluding hydrogens is 2170 g/mol. The van der Waals surface area contributed by atoms with E-state index in [-0.39, 0.29) is 76.9 Å². The molecule has 2 saturated heterocycles. The fourth-order valence-electron chi connectivity index (χ4n) is 10.6. The molecule has 19 heteroatoms. The second kappa shape index (κ2) is 46.2. The van der Waals surface area contributed by atoms with Crippen molar-refractivity contribution in [2.24, 2.45) is 0 Å². The Morgan fingerprint density at radius 2 is 0.509 bits per heavy atom. The average Bonchev–Trinajstić information content (AvgIpc) is 1.63. The van der Waals surface area contributed by atoms with Crippen LogP contribution in [0.5, 0.6) is 0 Å². The van der Waals surface area contributed by atoms with E-state index in [9.17, 15) is 0 Å². The quantitative estimate of drug-likeness (QED) is 0.0567. The summed E-state index contributed by atoms with van der Waals surface area (Å²) in [5.74, 6) is 0. The van der Waals surface area contributed by atoms with Gasteiger partial charge in [0.1, 0.15) is 0 Å². The van der Waals surface area contributed by atoms with E-state index in [4.69, 9.17) is 24.3 Å². The topological polar surface area (TPSA) is 114 Å². The Morgan fingerprint density at radius 1 is 0.282 bits per heavy atom. The van der Waals surface area contributed by atoms with Gasteiger partial charge >= 0.3 is 109 Å². The number of nitrogens with zero attached hydrogens (tertiary/aromatic N) is 6. The molecule has 8 aromatic carbocycles. The van der Waals surface area contributed by atoms with Gasteiger partial charge in [0.2, 0.25) is 0 Å². The second-order valence-electron chi connectivity index (χ2n) is 26.0. The van der Waals surface area contributed by atoms with Crippen molar-refractivity contribution in [1.29, 1.82) is 0 Å². The molecule has 110 heavy (non-hydrogen) atoms. The van der Waals surface area contributed by atoms with E-state index in [1.807, 2.05) is 248 Å². The Morgan fingerprint density at radius 3 is 0.755 bits per heavy atom. The summed E-state index contributed by atoms with van der Waals surface area (Å²) in [7, 11) is -0.709. The van der Waals surface area contributed by atoms with Crippen LogP contribution in [0, 0.1) is 36.4 Å². The van der Waals surface area contributed by atoms with Crippen molar-refractivity contribution < 1.29 is 58.8 Å². The van der Waals surface area contributed by atoms with Crippen LogP contribution in [-0.2, 0) is 58.8 Å². The van der Waals surface area contributed by atoms with Crippen molar-refractivity contribution in [2.75, 3.05) is 4.93 Å². The number of halogens is 4. The second-order valence-corrected chi connectivity index (χ2v) is 49.5. The zero-order chi connectivity index (χ0) is 76.6. The maximum absolute atomic E-state index is 6.08. The van der Waals surface area contributed by atoms with Gasteiger partial charge in [0.25, 0.3) is 0 Å². The Labute approximate surface area is 720 Å². The maximum Gasteiger partial charge on any atom is 3.00 e. The van der Waals surface area contributed by atoms with E-state index < -0.39 is 11.7 Å². The Bertz CT molecular complexity index is 4380. The molecule has 0 amide bonds. The van der Waals surface area contributed by atoms with Crippen molar-refractivity contribution in [3.8, 4) is 89.8 Å². The van der Waals surface area contributed by atoms with Gasteiger partial charge in [-0.15, -0.1) is 213 Å². The molecular formula is C91H81B3I4Ir2N6O4. The maximum atomic E-state index is 6.08. The Hall–Kier alpha value is -7.09. The molecule has 2 aliphatic heterocycles. The number of hydrogen-bond acceptors (Lipinski definition) is 10. The molecule has 2 fully saturated rings. The molecule has 10 nitrogen and oxygen atoms in total. The first-order valence-electron chi connectivity index (χ1n) is 34.8. The van der Waals surface area contributed by atoms with E-state index in [2.05, 4.69) is 230 Å². The average molecular weight is 2250 g/mol. The first kappa shape index (κ1) is 90.1. The van der Waals surface area contributed by atoms with Gasteiger partial charge in [-0.2, -0.15) is 0 Å². The fourth-order valence-corrected chi connectivity index (χ4v) is 10.6. The standard InChI is InChI=1S/2C17H19BNO2.2C17H12N.2C11H8N.CH3I.BI3.2Ir/c2*1-16(2)17(3,4)21-18(20-16)14-9-7-8-13(12-14)15-10-5-6-11-19-15;2*1-2-7-14(8-3-1)15-9-6-10-16(13-15)17-11-4-5-12-18-17;2*1-2-6-10(7-3-1)11-8-4-5-9-12-11;1-2;1-4(2)3;;/h2*5-7,9-12H,1-4H3;2*1-9,11-13H;2*1-6,8-9H;1H3;;;/q6*-1;;;2*+3. The molecule has 14 aromatic rings. The molecule has 0 aliphatic carbocycles. The van der Waals surface area contributed by atoms with Crippen LogP contribution in [0.25, 0.3) is 89.8 Å². The summed E-state index contributed by atoms with van der Waals surface area (Å²) < 4.78 is 24.3. The zero-order valence-corrected chi connectivity index (χ0v) is 75.8. The number of hydrogen-bond donors (Lipinski definition) is 0. The largest absolute Gasteiger partial charge is 3.00 e.